The molecule has 6 heteroatoms. The number of likely N-dealkylation sites (N-methyl/N-ethyl adjacent to an activating group) is 1. The molecule has 6 nitrogen and oxygen atoms in total. The van der Waals surface area contributed by atoms with Crippen LogP contribution in [0.3, 0.4) is 0 Å². The van der Waals surface area contributed by atoms with Crippen molar-refractivity contribution in [1.82, 2.24) is 15.1 Å². The van der Waals surface area contributed by atoms with Crippen LogP contribution in [0.25, 0.3) is 0 Å². The number of ether oxygens (including phenoxy) is 2. The fourth-order valence-electron chi connectivity index (χ4n) is 3.00. The second kappa shape index (κ2) is 8.94. The lowest BCUT2D eigenvalue weighted by atomic mass is 9.99. The van der Waals surface area contributed by atoms with Crippen molar-refractivity contribution < 1.29 is 9.47 Å². The molecule has 0 unspecified atom stereocenters. The van der Waals surface area contributed by atoms with Crippen LogP contribution in [0.1, 0.15) is 25.0 Å². The Morgan fingerprint density at radius 3 is 2.44 bits per heavy atom. The van der Waals surface area contributed by atoms with Crippen molar-refractivity contribution in [2.24, 2.45) is 4.99 Å². The number of hydrogen-bond acceptors (Lipinski definition) is 4. The molecule has 0 aliphatic carbocycles. The molecule has 0 spiro atoms. The van der Waals surface area contributed by atoms with Crippen molar-refractivity contribution in [2.45, 2.75) is 32.9 Å². The van der Waals surface area contributed by atoms with E-state index in [4.69, 9.17) is 9.47 Å². The van der Waals surface area contributed by atoms with Crippen molar-refractivity contribution in [1.29, 1.82) is 0 Å². The SMILES string of the molecule is CN=C(NCCN(C)C(C)C)N1CCc2cc(OC)c(OC)cc2C1. The summed E-state index contributed by atoms with van der Waals surface area (Å²) in [5, 5.41) is 3.49. The number of fused-ring (bicyclic) bond motifs is 1. The van der Waals surface area contributed by atoms with Gasteiger partial charge < -0.3 is 24.6 Å². The van der Waals surface area contributed by atoms with Crippen LogP contribution in [-0.2, 0) is 13.0 Å². The molecule has 0 aromatic heterocycles. The number of rotatable bonds is 6. The Hall–Kier alpha value is -1.95. The van der Waals surface area contributed by atoms with Crippen LogP contribution in [0.4, 0.5) is 0 Å². The minimum atomic E-state index is 0.549. The molecule has 0 amide bonds. The number of nitrogens with one attached hydrogen (secondary N) is 1. The smallest absolute Gasteiger partial charge is 0.194 e. The summed E-state index contributed by atoms with van der Waals surface area (Å²) in [4.78, 5) is 9.08. The number of aliphatic imine (C=N–C) groups is 1. The topological polar surface area (TPSA) is 49.3 Å². The van der Waals surface area contributed by atoms with Gasteiger partial charge in [-0.25, -0.2) is 0 Å². The van der Waals surface area contributed by atoms with Gasteiger partial charge in [0.15, 0.2) is 17.5 Å². The minimum Gasteiger partial charge on any atom is -0.493 e. The van der Waals surface area contributed by atoms with Gasteiger partial charge in [0, 0.05) is 39.3 Å². The Morgan fingerprint density at radius 2 is 1.88 bits per heavy atom. The average Bonchev–Trinajstić information content (AvgIpc) is 2.63. The fraction of sp³-hybridized carbons (Fsp3) is 0.632. The van der Waals surface area contributed by atoms with Crippen LogP contribution in [0.2, 0.25) is 0 Å². The number of benzene rings is 1. The van der Waals surface area contributed by atoms with E-state index in [1.807, 2.05) is 7.05 Å². The van der Waals surface area contributed by atoms with Crippen molar-refractivity contribution >= 4 is 5.96 Å². The number of hydrogen-bond donors (Lipinski definition) is 1. The average molecular weight is 348 g/mol. The molecule has 1 N–H and O–H groups in total. The van der Waals surface area contributed by atoms with E-state index >= 15 is 0 Å². The van der Waals surface area contributed by atoms with E-state index < -0.39 is 0 Å². The Labute approximate surface area is 151 Å². The van der Waals surface area contributed by atoms with Crippen molar-refractivity contribution in [3.8, 4) is 11.5 Å². The largest absolute Gasteiger partial charge is 0.493 e. The molecule has 0 radical (unpaired) electrons. The molecule has 1 aromatic carbocycles. The third-order valence-corrected chi connectivity index (χ3v) is 4.86. The second-order valence-electron chi connectivity index (χ2n) is 6.70. The molecule has 25 heavy (non-hydrogen) atoms. The van der Waals surface area contributed by atoms with Gasteiger partial charge in [-0.2, -0.15) is 0 Å². The predicted molar refractivity (Wildman–Crippen MR) is 103 cm³/mol. The lowest BCUT2D eigenvalue weighted by Gasteiger charge is -2.32. The zero-order valence-corrected chi connectivity index (χ0v) is 16.4. The lowest BCUT2D eigenvalue weighted by Crippen LogP contribution is -2.46. The first kappa shape index (κ1) is 19.4. The first-order valence-electron chi connectivity index (χ1n) is 8.89. The first-order valence-corrected chi connectivity index (χ1v) is 8.89. The third kappa shape index (κ3) is 4.78. The van der Waals surface area contributed by atoms with Crippen molar-refractivity contribution in [3.05, 3.63) is 23.3 Å². The van der Waals surface area contributed by atoms with Gasteiger partial charge >= 0.3 is 0 Å². The molecule has 0 atom stereocenters. The van der Waals surface area contributed by atoms with E-state index in [0.29, 0.717) is 6.04 Å². The summed E-state index contributed by atoms with van der Waals surface area (Å²) in [6.07, 6.45) is 0.974. The van der Waals surface area contributed by atoms with Crippen LogP contribution in [-0.4, -0.2) is 69.8 Å². The zero-order chi connectivity index (χ0) is 18.4. The molecular weight excluding hydrogens is 316 g/mol. The lowest BCUT2D eigenvalue weighted by molar-refractivity contribution is 0.275. The van der Waals surface area contributed by atoms with Crippen molar-refractivity contribution in [2.75, 3.05) is 47.9 Å². The number of methoxy groups -OCH3 is 2. The monoisotopic (exact) mass is 348 g/mol. The molecule has 0 saturated carbocycles. The second-order valence-corrected chi connectivity index (χ2v) is 6.70. The van der Waals surface area contributed by atoms with E-state index in [1.54, 1.807) is 14.2 Å². The first-order chi connectivity index (χ1) is 12.0. The van der Waals surface area contributed by atoms with E-state index in [0.717, 1.165) is 50.1 Å². The summed E-state index contributed by atoms with van der Waals surface area (Å²) < 4.78 is 10.9. The Balaban J connectivity index is 2.02. The molecule has 0 bridgehead atoms. The predicted octanol–water partition coefficient (Wildman–Crippen LogP) is 1.98. The summed E-state index contributed by atoms with van der Waals surface area (Å²) in [6, 6.07) is 4.73. The van der Waals surface area contributed by atoms with E-state index in [-0.39, 0.29) is 0 Å². The van der Waals surface area contributed by atoms with E-state index in [1.165, 1.54) is 11.1 Å². The van der Waals surface area contributed by atoms with Crippen LogP contribution >= 0.6 is 0 Å². The van der Waals surface area contributed by atoms with Crippen molar-refractivity contribution in [3.63, 3.8) is 0 Å². The van der Waals surface area contributed by atoms with Crippen LogP contribution in [0.5, 0.6) is 11.5 Å². The van der Waals surface area contributed by atoms with Crippen LogP contribution in [0.15, 0.2) is 17.1 Å². The van der Waals surface area contributed by atoms with E-state index in [2.05, 4.69) is 53.1 Å². The van der Waals surface area contributed by atoms with Gasteiger partial charge in [0.25, 0.3) is 0 Å². The summed E-state index contributed by atoms with van der Waals surface area (Å²) >= 11 is 0. The summed E-state index contributed by atoms with van der Waals surface area (Å²) in [6.45, 7) is 8.07. The molecule has 2 rings (SSSR count). The minimum absolute atomic E-state index is 0.549. The normalized spacial score (nSPS) is 14.7. The maximum absolute atomic E-state index is 5.44. The molecule has 1 aromatic rings. The Kier molecular flexibility index (Phi) is 6.93. The highest BCUT2D eigenvalue weighted by atomic mass is 16.5. The molecule has 1 aliphatic heterocycles. The highest BCUT2D eigenvalue weighted by molar-refractivity contribution is 5.80. The standard InChI is InChI=1S/C19H32N4O2/c1-14(2)22(4)10-8-21-19(20-3)23-9-7-15-11-17(24-5)18(25-6)12-16(15)13-23/h11-12,14H,7-10,13H2,1-6H3,(H,20,21). The number of nitrogens with zero attached hydrogens (tertiary/aromatic N) is 3. The van der Waals surface area contributed by atoms with Gasteiger partial charge in [-0.1, -0.05) is 0 Å². The summed E-state index contributed by atoms with van der Waals surface area (Å²) in [5.74, 6) is 2.54. The van der Waals surface area contributed by atoms with Gasteiger partial charge in [-0.05, 0) is 50.6 Å². The van der Waals surface area contributed by atoms with Gasteiger partial charge in [0.1, 0.15) is 0 Å². The molecule has 1 heterocycles. The summed E-state index contributed by atoms with van der Waals surface area (Å²) in [7, 11) is 7.35. The molecule has 0 fully saturated rings. The zero-order valence-electron chi connectivity index (χ0n) is 16.4. The van der Waals surface area contributed by atoms with Gasteiger partial charge in [-0.15, -0.1) is 0 Å². The molecule has 1 aliphatic rings. The highest BCUT2D eigenvalue weighted by Crippen LogP contribution is 2.33. The van der Waals surface area contributed by atoms with E-state index in [9.17, 15) is 0 Å². The maximum atomic E-state index is 5.44. The van der Waals surface area contributed by atoms with Crippen LogP contribution < -0.4 is 14.8 Å². The van der Waals surface area contributed by atoms with Gasteiger partial charge in [-0.3, -0.25) is 4.99 Å². The fourth-order valence-corrected chi connectivity index (χ4v) is 3.00. The van der Waals surface area contributed by atoms with Gasteiger partial charge in [0.05, 0.1) is 14.2 Å². The summed E-state index contributed by atoms with van der Waals surface area (Å²) in [5.41, 5.74) is 2.59. The number of guanidine groups is 1. The Bertz CT molecular complexity index is 601. The molecule has 140 valence electrons. The third-order valence-electron chi connectivity index (χ3n) is 4.86. The highest BCUT2D eigenvalue weighted by Gasteiger charge is 2.21. The Morgan fingerprint density at radius 1 is 1.24 bits per heavy atom. The molecular formula is C19H32N4O2. The molecule has 0 saturated heterocycles. The van der Waals surface area contributed by atoms with Crippen LogP contribution in [0, 0.1) is 0 Å². The quantitative estimate of drug-likeness (QED) is 0.629. The van der Waals surface area contributed by atoms with Gasteiger partial charge in [0.2, 0.25) is 0 Å². The maximum Gasteiger partial charge on any atom is 0.194 e.